The maximum absolute atomic E-state index is 14.4. The maximum atomic E-state index is 14.4. The molecule has 7 aliphatic rings. The van der Waals surface area contributed by atoms with Gasteiger partial charge in [0.25, 0.3) is 26.0 Å². The monoisotopic (exact) mass is 2040 g/mol. The van der Waals surface area contributed by atoms with E-state index in [0.29, 0.717) is 26.7 Å². The summed E-state index contributed by atoms with van der Waals surface area (Å²) < 4.78 is 132. The number of aromatic nitrogens is 6. The molecule has 0 spiro atoms. The lowest BCUT2D eigenvalue weighted by Crippen LogP contribution is -2.41. The van der Waals surface area contributed by atoms with E-state index in [2.05, 4.69) is 312 Å². The molecule has 7 atom stereocenters. The molecular weight excluding hydrogens is 1960 g/mol. The van der Waals surface area contributed by atoms with Crippen LogP contribution in [0.1, 0.15) is 126 Å². The van der Waals surface area contributed by atoms with Gasteiger partial charge in [0, 0.05) is 52.8 Å². The molecule has 7 heterocycles. The molecule has 3 aliphatic carbocycles. The van der Waals surface area contributed by atoms with Crippen molar-refractivity contribution in [1.29, 1.82) is 0 Å². The molecule has 4 unspecified atom stereocenters. The van der Waals surface area contributed by atoms with E-state index in [-0.39, 0.29) is 149 Å². The predicted molar refractivity (Wildman–Crippen MR) is 521 cm³/mol. The zero-order valence-corrected chi connectivity index (χ0v) is 82.8. The van der Waals surface area contributed by atoms with Crippen LogP contribution in [0.15, 0.2) is 33.2 Å². The van der Waals surface area contributed by atoms with Crippen LogP contribution >= 0.6 is 105 Å². The fraction of sp³-hybridized carbons (Fsp3) is 0.348. The number of esters is 1. The van der Waals surface area contributed by atoms with E-state index in [1.807, 2.05) is 27.7 Å². The molecule has 1 saturated heterocycles. The van der Waals surface area contributed by atoms with Crippen molar-refractivity contribution in [1.82, 2.24) is 40.0 Å². The maximum Gasteiger partial charge on any atom is 0.497 e. The lowest BCUT2D eigenvalue weighted by atomic mass is 9.78. The molecule has 4 aliphatic heterocycles. The minimum Gasteiger partial charge on any atom is -0.474 e. The number of benzene rings is 2. The second-order valence-corrected chi connectivity index (χ2v) is 53.1. The van der Waals surface area contributed by atoms with E-state index in [1.54, 1.807) is 20.8 Å². The second-order valence-electron chi connectivity index (χ2n) is 27.4. The molecule has 2 amide bonds. The van der Waals surface area contributed by atoms with Crippen molar-refractivity contribution >= 4 is 149 Å². The summed E-state index contributed by atoms with van der Waals surface area (Å²) in [5.74, 6) is 87.2. The summed E-state index contributed by atoms with van der Waals surface area (Å²) in [5, 5.41) is 17.0. The van der Waals surface area contributed by atoms with Gasteiger partial charge in [0.1, 0.15) is 52.0 Å². The highest BCUT2D eigenvalue weighted by molar-refractivity contribution is 9.11. The van der Waals surface area contributed by atoms with Crippen LogP contribution in [-0.4, -0.2) is 143 Å². The third-order valence-corrected chi connectivity index (χ3v) is 38.8. The Morgan fingerprint density at radius 1 is 0.527 bits per heavy atom. The number of nitrogens with one attached hydrogen (secondary N) is 2. The minimum atomic E-state index is -1.30. The number of hydrogen-bond donors (Lipinski definition) is 3. The van der Waals surface area contributed by atoms with Gasteiger partial charge in [0.15, 0.2) is 35.6 Å². The number of nitrogens with two attached hydrogens (primary N) is 1. The Morgan fingerprint density at radius 2 is 0.829 bits per heavy atom. The molecule has 0 radical (unpaired) electrons. The van der Waals surface area contributed by atoms with E-state index < -0.39 is 72.0 Å². The largest absolute Gasteiger partial charge is 0.497 e. The van der Waals surface area contributed by atoms with Crippen LogP contribution in [0.3, 0.4) is 0 Å². The third-order valence-electron chi connectivity index (χ3n) is 15.5. The van der Waals surface area contributed by atoms with Crippen molar-refractivity contribution < 1.29 is 73.4 Å². The van der Waals surface area contributed by atoms with Crippen molar-refractivity contribution in [3.63, 3.8) is 0 Å². The molecule has 4 N–H and O–H groups in total. The number of terminal acetylenes is 2. The fourth-order valence-corrected chi connectivity index (χ4v) is 10.1. The van der Waals surface area contributed by atoms with E-state index in [1.165, 1.54) is 22.2 Å². The van der Waals surface area contributed by atoms with Gasteiger partial charge in [-0.15, -0.1) is 65.9 Å². The van der Waals surface area contributed by atoms with Crippen molar-refractivity contribution in [2.75, 3.05) is 26.4 Å². The number of carbonyl (C=O) groups excluding carboxylic acids is 3. The van der Waals surface area contributed by atoms with Crippen molar-refractivity contribution in [2.24, 2.45) is 5.73 Å². The number of rotatable bonds is 9. The molecule has 3 aromatic heterocycles. The molecule has 664 valence electrons. The smallest absolute Gasteiger partial charge is 0.474 e. The summed E-state index contributed by atoms with van der Waals surface area (Å²) in [6.45, 7) is 12.9. The molecule has 129 heavy (non-hydrogen) atoms. The highest BCUT2D eigenvalue weighted by atomic mass is 79.9. The topological polar surface area (TPSA) is 210 Å². The standard InChI is InChI=1S/C22H2.C16H13ClF3N3O2.C16H6.C12H14BClF2O2.C10H11BrFN3O2.C9H10BrFN2O3.C3H7N.CH4.3CH3.Al.H8P6/c1-3-5-7-9-11-13-15-17-19-21-22-20-18-16-14-12-10-8-6-4-2;17-10-4-11(19)9(3-12(10)20)13-14(15(24)21-8-1-2-8)22-23-5-7(18)6-25-16(13)23;1-3-5-7-9-11-13-15-16-14-12-10-8-6-4-2;1-11(2)12(3,4)18-13(17-11)7-5-10(16)8(14)6-9(7)15;11-7-8(9(16)13-6-1-2-6)14-15-3-5(12)4-17-10(7)15;1-2-15-9(14)7-6(10)8-13(12-7)3-5(11)4-16-8;4-3-1-2-3;;;;;;1-5(2)6(3)4/h1-2H;3-4,7-8H,1-2,5-6H2,(H,21,24);1-2H3;5-6H,1-4H3;5-6H,1-4H2,(H,13,16);5H,2-4H2,1H3;3H,1-2,4H2;1H4;3*1H3;;1-4H2/t;7-;;;2*5-;;;;;;;/m.0..00......./s1. The fourth-order valence-electron chi connectivity index (χ4n) is 8.67. The number of carbonyl (C=O) groups is 3. The molecule has 2 aromatic carbocycles. The Bertz CT molecular complexity index is 5930. The molecule has 0 bridgehead atoms. The normalized spacial score (nSPS) is 14.7. The number of hydrogen-bond acceptors (Lipinski definition) is 13. The Balaban J connectivity index is 0.000000388. The van der Waals surface area contributed by atoms with Gasteiger partial charge in [-0.05, 0) is 323 Å². The van der Waals surface area contributed by atoms with Gasteiger partial charge in [-0.25, -0.2) is 49.6 Å². The van der Waals surface area contributed by atoms with Crippen LogP contribution in [0, 0.1) is 237 Å². The highest BCUT2D eigenvalue weighted by Crippen LogP contribution is 2.86. The van der Waals surface area contributed by atoms with Crippen LogP contribution in [0.4, 0.5) is 30.7 Å². The van der Waals surface area contributed by atoms with Gasteiger partial charge in [-0.3, -0.25) is 9.59 Å². The highest BCUT2D eigenvalue weighted by Gasteiger charge is 2.53. The SMILES string of the molecule is C.C#CC#CC#CC#CC#CC#CC#CC#CC#CC#CC#C.CC#CC#CC#CC#CC#CC#CC#CC.CC1(C)OB(c2cc(F)c(Cl)cc2F)OC1(C)C.CCOC(=O)c1nn2c(c1Br)OC[C@@H](F)C2.NC1CC1.O=C(NC1CC1)c1nn2c(c1-c1cc(F)c(Cl)cc1F)OC[C@@H](F)C2.O=C(NC1CC1)c1nn2c(c1Br)OC[C@@H](F)C2.PP(P)P(P)P.[CH3][Al]([CH3])[CH3]. The summed E-state index contributed by atoms with van der Waals surface area (Å²) in [4.78, 5) is 35.8. The minimum absolute atomic E-state index is 0. The summed E-state index contributed by atoms with van der Waals surface area (Å²) in [5.41, 5.74) is 4.10. The van der Waals surface area contributed by atoms with E-state index >= 15 is 0 Å². The van der Waals surface area contributed by atoms with Gasteiger partial charge < -0.3 is 44.6 Å². The zero-order chi connectivity index (χ0) is 94.9. The van der Waals surface area contributed by atoms with E-state index in [4.69, 9.17) is 70.0 Å². The summed E-state index contributed by atoms with van der Waals surface area (Å²) in [7, 11) is 10.2. The molecule has 37 heteroatoms. The number of alkyl halides is 3. The summed E-state index contributed by atoms with van der Waals surface area (Å²) in [6, 6.07) is 4.54. The summed E-state index contributed by atoms with van der Waals surface area (Å²) in [6.07, 6.45) is 12.6. The van der Waals surface area contributed by atoms with E-state index in [9.17, 15) is 45.1 Å². The molecule has 4 fully saturated rings. The van der Waals surface area contributed by atoms with Crippen LogP contribution in [0.2, 0.25) is 27.4 Å². The van der Waals surface area contributed by atoms with Crippen molar-refractivity contribution in [2.45, 2.75) is 179 Å². The van der Waals surface area contributed by atoms with Gasteiger partial charge >= 0.3 is 13.1 Å². The lowest BCUT2D eigenvalue weighted by molar-refractivity contribution is 0.00578. The van der Waals surface area contributed by atoms with Gasteiger partial charge in [-0.2, -0.15) is 15.3 Å². The Labute approximate surface area is 794 Å². The summed E-state index contributed by atoms with van der Waals surface area (Å²) >= 11 is 17.4. The average molecular weight is 2050 g/mol. The number of halogens is 11. The molecule has 12 rings (SSSR count). The molecular formula is C92H84AlBBr2Cl2F7N9O9P6. The predicted octanol–water partition coefficient (Wildman–Crippen LogP) is 15.3. The van der Waals surface area contributed by atoms with Gasteiger partial charge in [0.05, 0.1) is 53.1 Å². The second kappa shape index (κ2) is 60.9. The number of amides is 2. The molecule has 5 aromatic rings. The first-order valence-electron chi connectivity index (χ1n) is 37.9. The van der Waals surface area contributed by atoms with Gasteiger partial charge in [0.2, 0.25) is 17.6 Å². The Hall–Kier alpha value is -9.93. The number of fused-ring (bicyclic) bond motifs is 3. The number of ether oxygens (including phenoxy) is 4. The lowest BCUT2D eigenvalue weighted by Gasteiger charge is -2.32. The molecule has 18 nitrogen and oxygen atoms in total. The first-order chi connectivity index (χ1) is 60.9. The molecule has 3 saturated carbocycles. The van der Waals surface area contributed by atoms with Gasteiger partial charge in [-0.1, -0.05) is 42.5 Å². The Morgan fingerprint density at radius 3 is 1.16 bits per heavy atom. The van der Waals surface area contributed by atoms with Crippen LogP contribution < -0.4 is 36.0 Å². The average Bonchev–Trinajstić information content (AvgIpc) is 1.59. The quantitative estimate of drug-likeness (QED) is 0.0314. The van der Waals surface area contributed by atoms with E-state index in [0.717, 1.165) is 54.6 Å². The Kier molecular flexibility index (Phi) is 53.4. The van der Waals surface area contributed by atoms with Crippen LogP contribution in [0.25, 0.3) is 11.1 Å². The van der Waals surface area contributed by atoms with Crippen molar-refractivity contribution in [3.05, 3.63) is 83.6 Å². The third kappa shape index (κ3) is 43.1. The number of nitrogens with zero attached hydrogens (tertiary/aromatic N) is 6. The first-order valence-corrected chi connectivity index (χ1v) is 53.6. The van der Waals surface area contributed by atoms with Crippen molar-refractivity contribution in [3.8, 4) is 243 Å². The zero-order valence-electron chi connectivity index (χ0n) is 70.6. The van der Waals surface area contributed by atoms with Crippen LogP contribution in [-0.2, 0) is 33.7 Å². The first kappa shape index (κ1) is 113. The van der Waals surface area contributed by atoms with Crippen LogP contribution in [0.5, 0.6) is 17.6 Å².